The fraction of sp³-hybridized carbons (Fsp3) is 0.333. The van der Waals surface area contributed by atoms with Gasteiger partial charge in [0.05, 0.1) is 19.0 Å². The second-order valence-electron chi connectivity index (χ2n) is 5.30. The van der Waals surface area contributed by atoms with Crippen LogP contribution in [0.5, 0.6) is 11.5 Å². The van der Waals surface area contributed by atoms with Crippen LogP contribution in [0, 0.1) is 20.8 Å². The number of hydrogen-bond acceptors (Lipinski definition) is 2. The van der Waals surface area contributed by atoms with Crippen LogP contribution in [-0.4, -0.2) is 14.2 Å². The summed E-state index contributed by atoms with van der Waals surface area (Å²) in [5.74, 6) is 1.85. The number of halogens is 1. The molecule has 0 saturated heterocycles. The molecule has 2 rings (SSSR count). The Morgan fingerprint density at radius 2 is 1.52 bits per heavy atom. The van der Waals surface area contributed by atoms with E-state index in [1.54, 1.807) is 14.2 Å². The van der Waals surface area contributed by atoms with Crippen molar-refractivity contribution in [3.63, 3.8) is 0 Å². The zero-order valence-corrected chi connectivity index (χ0v) is 14.7. The molecule has 0 amide bonds. The molecule has 21 heavy (non-hydrogen) atoms. The van der Waals surface area contributed by atoms with Crippen LogP contribution in [0.3, 0.4) is 0 Å². The molecule has 0 heterocycles. The molecule has 2 aromatic carbocycles. The molecule has 0 aromatic heterocycles. The summed E-state index contributed by atoms with van der Waals surface area (Å²) in [5.41, 5.74) is 5.85. The maximum absolute atomic E-state index is 5.49. The normalized spacial score (nSPS) is 12.1. The Bertz CT molecular complexity index is 627. The van der Waals surface area contributed by atoms with Gasteiger partial charge in [-0.05, 0) is 43.5 Å². The molecule has 2 nitrogen and oxygen atoms in total. The molecule has 0 fully saturated rings. The van der Waals surface area contributed by atoms with Gasteiger partial charge in [0.1, 0.15) is 11.5 Å². The molecule has 0 bridgehead atoms. The van der Waals surface area contributed by atoms with Crippen LogP contribution in [0.25, 0.3) is 0 Å². The van der Waals surface area contributed by atoms with E-state index >= 15 is 0 Å². The first-order chi connectivity index (χ1) is 9.97. The van der Waals surface area contributed by atoms with Crippen LogP contribution in [0.4, 0.5) is 0 Å². The van der Waals surface area contributed by atoms with E-state index in [9.17, 15) is 0 Å². The van der Waals surface area contributed by atoms with Crippen LogP contribution in [0.15, 0.2) is 30.3 Å². The van der Waals surface area contributed by atoms with E-state index in [-0.39, 0.29) is 4.83 Å². The SMILES string of the molecule is COc1ccc(C)cc1C(Br)c1cc(C)c(OC)c(C)c1. The molecule has 0 radical (unpaired) electrons. The molecule has 1 atom stereocenters. The molecule has 0 aliphatic rings. The summed E-state index contributed by atoms with van der Waals surface area (Å²) >= 11 is 3.81. The lowest BCUT2D eigenvalue weighted by molar-refractivity contribution is 0.408. The predicted octanol–water partition coefficient (Wildman–Crippen LogP) is 5.11. The van der Waals surface area contributed by atoms with E-state index in [0.29, 0.717) is 0 Å². The molecule has 0 spiro atoms. The van der Waals surface area contributed by atoms with Crippen molar-refractivity contribution in [3.8, 4) is 11.5 Å². The Balaban J connectivity index is 2.50. The van der Waals surface area contributed by atoms with Gasteiger partial charge in [0.25, 0.3) is 0 Å². The van der Waals surface area contributed by atoms with Gasteiger partial charge in [-0.3, -0.25) is 0 Å². The summed E-state index contributed by atoms with van der Waals surface area (Å²) in [5, 5.41) is 0. The molecule has 0 N–H and O–H groups in total. The molecular formula is C18H21BrO2. The fourth-order valence-electron chi connectivity index (χ4n) is 2.68. The quantitative estimate of drug-likeness (QED) is 0.714. The zero-order valence-electron chi connectivity index (χ0n) is 13.2. The van der Waals surface area contributed by atoms with Gasteiger partial charge in [-0.2, -0.15) is 0 Å². The lowest BCUT2D eigenvalue weighted by Crippen LogP contribution is -2.00. The highest BCUT2D eigenvalue weighted by atomic mass is 79.9. The van der Waals surface area contributed by atoms with Crippen molar-refractivity contribution in [1.82, 2.24) is 0 Å². The minimum Gasteiger partial charge on any atom is -0.496 e. The van der Waals surface area contributed by atoms with Crippen LogP contribution in [0.1, 0.15) is 32.6 Å². The van der Waals surface area contributed by atoms with Crippen molar-refractivity contribution < 1.29 is 9.47 Å². The Hall–Kier alpha value is -1.48. The van der Waals surface area contributed by atoms with E-state index in [2.05, 4.69) is 61.0 Å². The van der Waals surface area contributed by atoms with E-state index < -0.39 is 0 Å². The Morgan fingerprint density at radius 3 is 2.05 bits per heavy atom. The smallest absolute Gasteiger partial charge is 0.124 e. The lowest BCUT2D eigenvalue weighted by atomic mass is 9.98. The third-order valence-electron chi connectivity index (χ3n) is 3.64. The first kappa shape index (κ1) is 15.9. The van der Waals surface area contributed by atoms with Gasteiger partial charge in [-0.25, -0.2) is 0 Å². The third kappa shape index (κ3) is 3.24. The number of alkyl halides is 1. The van der Waals surface area contributed by atoms with Gasteiger partial charge in [0.15, 0.2) is 0 Å². The molecule has 0 aliphatic carbocycles. The number of methoxy groups -OCH3 is 2. The molecule has 3 heteroatoms. The van der Waals surface area contributed by atoms with Crippen molar-refractivity contribution in [2.45, 2.75) is 25.6 Å². The van der Waals surface area contributed by atoms with Crippen LogP contribution in [0.2, 0.25) is 0 Å². The highest BCUT2D eigenvalue weighted by Crippen LogP contribution is 2.39. The van der Waals surface area contributed by atoms with Gasteiger partial charge < -0.3 is 9.47 Å². The van der Waals surface area contributed by atoms with Crippen LogP contribution >= 0.6 is 15.9 Å². The topological polar surface area (TPSA) is 18.5 Å². The minimum absolute atomic E-state index is 0.0932. The van der Waals surface area contributed by atoms with E-state index in [1.165, 1.54) is 11.1 Å². The summed E-state index contributed by atoms with van der Waals surface area (Å²) < 4.78 is 10.9. The van der Waals surface area contributed by atoms with Gasteiger partial charge in [-0.1, -0.05) is 45.8 Å². The van der Waals surface area contributed by atoms with Gasteiger partial charge >= 0.3 is 0 Å². The first-order valence-corrected chi connectivity index (χ1v) is 7.83. The molecule has 0 saturated carbocycles. The second-order valence-corrected chi connectivity index (χ2v) is 6.21. The first-order valence-electron chi connectivity index (χ1n) is 6.91. The Morgan fingerprint density at radius 1 is 0.905 bits per heavy atom. The number of hydrogen-bond donors (Lipinski definition) is 0. The predicted molar refractivity (Wildman–Crippen MR) is 91.0 cm³/mol. The summed E-state index contributed by atoms with van der Waals surface area (Å²) in [4.78, 5) is 0.0932. The average Bonchev–Trinajstić information content (AvgIpc) is 2.46. The number of rotatable bonds is 4. The highest BCUT2D eigenvalue weighted by Gasteiger charge is 2.17. The summed E-state index contributed by atoms with van der Waals surface area (Å²) in [7, 11) is 3.42. The van der Waals surface area contributed by atoms with E-state index in [4.69, 9.17) is 9.47 Å². The standard InChI is InChI=1S/C18H21BrO2/c1-11-6-7-16(20-4)15(8-11)17(19)14-9-12(2)18(21-5)13(3)10-14/h6-10,17H,1-5H3. The molecule has 2 aromatic rings. The molecule has 0 aliphatic heterocycles. The largest absolute Gasteiger partial charge is 0.496 e. The van der Waals surface area contributed by atoms with Crippen molar-refractivity contribution in [3.05, 3.63) is 58.1 Å². The van der Waals surface area contributed by atoms with Crippen molar-refractivity contribution in [2.24, 2.45) is 0 Å². The molecule has 1 unspecified atom stereocenters. The molecule has 112 valence electrons. The third-order valence-corrected chi connectivity index (χ3v) is 4.66. The van der Waals surface area contributed by atoms with E-state index in [0.717, 1.165) is 28.2 Å². The van der Waals surface area contributed by atoms with E-state index in [1.807, 2.05) is 6.07 Å². The maximum Gasteiger partial charge on any atom is 0.124 e. The van der Waals surface area contributed by atoms with Gasteiger partial charge in [-0.15, -0.1) is 0 Å². The minimum atomic E-state index is 0.0932. The van der Waals surface area contributed by atoms with Crippen molar-refractivity contribution in [1.29, 1.82) is 0 Å². The number of aryl methyl sites for hydroxylation is 3. The average molecular weight is 349 g/mol. The number of ether oxygens (including phenoxy) is 2. The maximum atomic E-state index is 5.49. The van der Waals surface area contributed by atoms with Gasteiger partial charge in [0, 0.05) is 5.56 Å². The van der Waals surface area contributed by atoms with Crippen LogP contribution in [-0.2, 0) is 0 Å². The van der Waals surface area contributed by atoms with Crippen molar-refractivity contribution >= 4 is 15.9 Å². The summed E-state index contributed by atoms with van der Waals surface area (Å²) in [6, 6.07) is 10.6. The second kappa shape index (κ2) is 6.52. The Kier molecular flexibility index (Phi) is 4.94. The summed E-state index contributed by atoms with van der Waals surface area (Å²) in [6.07, 6.45) is 0. The van der Waals surface area contributed by atoms with Gasteiger partial charge in [0.2, 0.25) is 0 Å². The molecular weight excluding hydrogens is 328 g/mol. The summed E-state index contributed by atoms with van der Waals surface area (Å²) in [6.45, 7) is 6.23. The fourth-order valence-corrected chi connectivity index (χ4v) is 3.31. The number of benzene rings is 2. The highest BCUT2D eigenvalue weighted by molar-refractivity contribution is 9.09. The Labute approximate surface area is 135 Å². The van der Waals surface area contributed by atoms with Crippen LogP contribution < -0.4 is 9.47 Å². The monoisotopic (exact) mass is 348 g/mol. The zero-order chi connectivity index (χ0) is 15.6. The van der Waals surface area contributed by atoms with Crippen molar-refractivity contribution in [2.75, 3.05) is 14.2 Å². The lowest BCUT2D eigenvalue weighted by Gasteiger charge is -2.18.